The number of likely N-dealkylation sites (tertiary alicyclic amines) is 1. The van der Waals surface area contributed by atoms with E-state index in [4.69, 9.17) is 0 Å². The van der Waals surface area contributed by atoms with Crippen molar-refractivity contribution in [3.8, 4) is 0 Å². The van der Waals surface area contributed by atoms with Crippen molar-refractivity contribution in [1.29, 1.82) is 0 Å². The zero-order valence-corrected chi connectivity index (χ0v) is 16.1. The van der Waals surface area contributed by atoms with Crippen LogP contribution >= 0.6 is 0 Å². The van der Waals surface area contributed by atoms with Gasteiger partial charge in [-0.2, -0.15) is 5.10 Å². The molecule has 2 rings (SSSR count). The first-order valence-corrected chi connectivity index (χ1v) is 10.5. The van der Waals surface area contributed by atoms with E-state index in [0.29, 0.717) is 18.5 Å². The number of aromatic nitrogens is 2. The molecule has 1 aliphatic heterocycles. The number of nitrogens with zero attached hydrogens (tertiary/aromatic N) is 4. The van der Waals surface area contributed by atoms with Gasteiger partial charge in [0.25, 0.3) is 0 Å². The lowest BCUT2D eigenvalue weighted by Gasteiger charge is -2.40. The minimum absolute atomic E-state index is 0.407. The van der Waals surface area contributed by atoms with Crippen LogP contribution in [0.2, 0.25) is 0 Å². The summed E-state index contributed by atoms with van der Waals surface area (Å²) in [5, 5.41) is 4.33. The molecule has 2 heterocycles. The first kappa shape index (κ1) is 19.4. The largest absolute Gasteiger partial charge is 0.306 e. The van der Waals surface area contributed by atoms with Gasteiger partial charge < -0.3 is 4.90 Å². The summed E-state index contributed by atoms with van der Waals surface area (Å²) in [6.45, 7) is 3.53. The van der Waals surface area contributed by atoms with Gasteiger partial charge in [0.2, 0.25) is 10.0 Å². The molecule has 0 saturated carbocycles. The minimum Gasteiger partial charge on any atom is -0.306 e. The van der Waals surface area contributed by atoms with Gasteiger partial charge in [-0.1, -0.05) is 0 Å². The molecule has 0 aromatic carbocycles. The molecule has 0 radical (unpaired) electrons. The maximum Gasteiger partial charge on any atom is 0.208 e. The third kappa shape index (κ3) is 5.84. The molecule has 1 aromatic heterocycles. The molecule has 0 unspecified atom stereocenters. The predicted octanol–water partition coefficient (Wildman–Crippen LogP) is 0.674. The van der Waals surface area contributed by atoms with Gasteiger partial charge in [-0.3, -0.25) is 9.58 Å². The normalized spacial score (nSPS) is 23.0. The average Bonchev–Trinajstić information content (AvgIpc) is 2.89. The Morgan fingerprint density at radius 1 is 1.42 bits per heavy atom. The fraction of sp³-hybridized carbons (Fsp3) is 0.812. The molecule has 24 heavy (non-hydrogen) atoms. The highest BCUT2D eigenvalue weighted by Gasteiger charge is 2.31. The zero-order chi connectivity index (χ0) is 17.7. The van der Waals surface area contributed by atoms with Gasteiger partial charge in [0, 0.05) is 37.9 Å². The summed E-state index contributed by atoms with van der Waals surface area (Å²) in [4.78, 5) is 4.75. The Hall–Kier alpha value is -0.960. The number of hydrogen-bond acceptors (Lipinski definition) is 5. The molecule has 1 aromatic rings. The van der Waals surface area contributed by atoms with Gasteiger partial charge in [-0.15, -0.1) is 0 Å². The van der Waals surface area contributed by atoms with Crippen LogP contribution in [0.4, 0.5) is 0 Å². The molecule has 0 amide bonds. The van der Waals surface area contributed by atoms with E-state index in [1.807, 2.05) is 17.9 Å². The van der Waals surface area contributed by atoms with Gasteiger partial charge in [0.1, 0.15) is 0 Å². The van der Waals surface area contributed by atoms with Crippen molar-refractivity contribution < 1.29 is 8.42 Å². The summed E-state index contributed by atoms with van der Waals surface area (Å²) in [6, 6.07) is 0.407. The van der Waals surface area contributed by atoms with E-state index in [0.717, 1.165) is 26.1 Å². The first-order chi connectivity index (χ1) is 11.3. The third-order valence-corrected chi connectivity index (χ3v) is 5.43. The predicted molar refractivity (Wildman–Crippen MR) is 96.3 cm³/mol. The molecule has 7 nitrogen and oxygen atoms in total. The lowest BCUT2D eigenvalue weighted by Crippen LogP contribution is -2.41. The van der Waals surface area contributed by atoms with Crippen LogP contribution in [0.5, 0.6) is 0 Å². The summed E-state index contributed by atoms with van der Waals surface area (Å²) in [5.41, 5.74) is 1.29. The number of hydrogen-bond donors (Lipinski definition) is 1. The summed E-state index contributed by atoms with van der Waals surface area (Å²) < 4.78 is 26.6. The Labute approximate surface area is 146 Å². The smallest absolute Gasteiger partial charge is 0.208 e. The number of piperidine rings is 1. The van der Waals surface area contributed by atoms with Crippen molar-refractivity contribution in [2.75, 3.05) is 46.5 Å². The second-order valence-electron chi connectivity index (χ2n) is 7.06. The molecule has 1 aliphatic rings. The summed E-state index contributed by atoms with van der Waals surface area (Å²) >= 11 is 0. The molecule has 0 bridgehead atoms. The highest BCUT2D eigenvalue weighted by atomic mass is 32.2. The van der Waals surface area contributed by atoms with Gasteiger partial charge in [0.05, 0.1) is 12.5 Å². The quantitative estimate of drug-likeness (QED) is 0.693. The lowest BCUT2D eigenvalue weighted by molar-refractivity contribution is 0.0941. The van der Waals surface area contributed by atoms with Crippen LogP contribution in [0.25, 0.3) is 0 Å². The Morgan fingerprint density at radius 3 is 2.79 bits per heavy atom. The third-order valence-electron chi connectivity index (χ3n) is 4.70. The maximum absolute atomic E-state index is 11.1. The number of sulfonamides is 1. The minimum atomic E-state index is -3.08. The van der Waals surface area contributed by atoms with Crippen LogP contribution in [0.1, 0.15) is 30.9 Å². The Kier molecular flexibility index (Phi) is 6.79. The van der Waals surface area contributed by atoms with E-state index in [1.54, 1.807) is 0 Å². The van der Waals surface area contributed by atoms with Crippen LogP contribution in [0.15, 0.2) is 12.4 Å². The molecule has 1 saturated heterocycles. The molecular formula is C16H31N5O2S. The highest BCUT2D eigenvalue weighted by molar-refractivity contribution is 7.88. The molecule has 138 valence electrons. The first-order valence-electron chi connectivity index (χ1n) is 8.58. The highest BCUT2D eigenvalue weighted by Crippen LogP contribution is 2.35. The second-order valence-corrected chi connectivity index (χ2v) is 8.89. The zero-order valence-electron chi connectivity index (χ0n) is 15.3. The molecule has 8 heteroatoms. The molecule has 0 aliphatic carbocycles. The number of rotatable bonds is 8. The van der Waals surface area contributed by atoms with Crippen molar-refractivity contribution in [2.45, 2.75) is 25.3 Å². The molecule has 2 atom stereocenters. The SMILES string of the molecule is CN(CCCNS(C)(=O)=O)C[C@@H]1CCCN(C)[C@H]1c1cnn(C)c1. The van der Waals surface area contributed by atoms with E-state index in [9.17, 15) is 8.42 Å². The Balaban J connectivity index is 1.88. The van der Waals surface area contributed by atoms with Gasteiger partial charge in [0.15, 0.2) is 0 Å². The monoisotopic (exact) mass is 357 g/mol. The summed E-state index contributed by atoms with van der Waals surface area (Å²) in [5.74, 6) is 0.570. The van der Waals surface area contributed by atoms with E-state index in [-0.39, 0.29) is 0 Å². The standard InChI is InChI=1S/C16H31N5O2S/c1-19(9-6-8-18-24(4,22)23)12-14-7-5-10-20(2)16(14)15-11-17-21(3)13-15/h11,13-14,16,18H,5-10,12H2,1-4H3/t14-,16+/m0/s1. The summed E-state index contributed by atoms with van der Waals surface area (Å²) in [6.07, 6.45) is 8.57. The lowest BCUT2D eigenvalue weighted by atomic mass is 9.85. The van der Waals surface area contributed by atoms with Gasteiger partial charge in [-0.05, 0) is 52.4 Å². The molecule has 1 fully saturated rings. The fourth-order valence-corrected chi connectivity index (χ4v) is 4.18. The van der Waals surface area contributed by atoms with E-state index < -0.39 is 10.0 Å². The van der Waals surface area contributed by atoms with E-state index >= 15 is 0 Å². The van der Waals surface area contributed by atoms with Crippen LogP contribution in [-0.4, -0.2) is 74.5 Å². The van der Waals surface area contributed by atoms with Gasteiger partial charge >= 0.3 is 0 Å². The van der Waals surface area contributed by atoms with Crippen molar-refractivity contribution in [2.24, 2.45) is 13.0 Å². The Morgan fingerprint density at radius 2 is 2.17 bits per heavy atom. The van der Waals surface area contributed by atoms with Crippen molar-refractivity contribution in [3.05, 3.63) is 18.0 Å². The Bertz CT molecular complexity index is 616. The second kappa shape index (κ2) is 8.42. The van der Waals surface area contributed by atoms with E-state index in [2.05, 4.69) is 39.9 Å². The van der Waals surface area contributed by atoms with Crippen molar-refractivity contribution >= 4 is 10.0 Å². The van der Waals surface area contributed by atoms with Crippen LogP contribution in [-0.2, 0) is 17.1 Å². The fourth-order valence-electron chi connectivity index (χ4n) is 3.67. The van der Waals surface area contributed by atoms with Gasteiger partial charge in [-0.25, -0.2) is 13.1 Å². The van der Waals surface area contributed by atoms with Crippen LogP contribution < -0.4 is 4.72 Å². The average molecular weight is 358 g/mol. The van der Waals surface area contributed by atoms with Crippen LogP contribution in [0.3, 0.4) is 0 Å². The summed E-state index contributed by atoms with van der Waals surface area (Å²) in [7, 11) is 3.19. The van der Waals surface area contributed by atoms with Crippen molar-refractivity contribution in [3.63, 3.8) is 0 Å². The number of aryl methyl sites for hydroxylation is 1. The van der Waals surface area contributed by atoms with Crippen LogP contribution in [0, 0.1) is 5.92 Å². The van der Waals surface area contributed by atoms with E-state index in [1.165, 1.54) is 24.7 Å². The van der Waals surface area contributed by atoms with Crippen molar-refractivity contribution in [1.82, 2.24) is 24.3 Å². The molecule has 0 spiro atoms. The molecule has 1 N–H and O–H groups in total. The molecular weight excluding hydrogens is 326 g/mol. The maximum atomic E-state index is 11.1. The number of nitrogens with one attached hydrogen (secondary N) is 1. The topological polar surface area (TPSA) is 70.5 Å².